The zero-order valence-corrected chi connectivity index (χ0v) is 12.8. The minimum Gasteiger partial charge on any atom is -0.390 e. The van der Waals surface area contributed by atoms with Gasteiger partial charge in [-0.2, -0.15) is 0 Å². The van der Waals surface area contributed by atoms with Gasteiger partial charge in [0.15, 0.2) is 0 Å². The van der Waals surface area contributed by atoms with E-state index in [1.807, 2.05) is 37.5 Å². The van der Waals surface area contributed by atoms with Crippen molar-refractivity contribution in [2.45, 2.75) is 47.3 Å². The van der Waals surface area contributed by atoms with Crippen molar-refractivity contribution in [2.24, 2.45) is 0 Å². The third-order valence-corrected chi connectivity index (χ3v) is 2.58. The predicted molar refractivity (Wildman–Crippen MR) is 81.9 cm³/mol. The average Bonchev–Trinajstić information content (AvgIpc) is 2.94. The number of halogens is 1. The van der Waals surface area contributed by atoms with Crippen LogP contribution in [0.5, 0.6) is 0 Å². The molecule has 0 atom stereocenters. The van der Waals surface area contributed by atoms with Gasteiger partial charge in [0.25, 0.3) is 0 Å². The Bertz CT molecular complexity index is 459. The normalized spacial score (nSPS) is 12.5. The van der Waals surface area contributed by atoms with Gasteiger partial charge in [0.2, 0.25) is 0 Å². The summed E-state index contributed by atoms with van der Waals surface area (Å²) in [6, 6.07) is 0. The molecule has 0 saturated heterocycles. The van der Waals surface area contributed by atoms with Gasteiger partial charge >= 0.3 is 0 Å². The largest absolute Gasteiger partial charge is 0.390 e. The number of nitrogens with zero attached hydrogens (tertiary/aromatic N) is 2. The minimum absolute atomic E-state index is 0.0358. The van der Waals surface area contributed by atoms with E-state index < -0.39 is 0 Å². The second-order valence-electron chi connectivity index (χ2n) is 3.88. The highest BCUT2D eigenvalue weighted by atomic mass is 19.1. The van der Waals surface area contributed by atoms with Crippen LogP contribution < -0.4 is 0 Å². The lowest BCUT2D eigenvalue weighted by Crippen LogP contribution is -2.02. The Hall–Kier alpha value is -1.68. The molecule has 0 unspecified atom stereocenters. The van der Waals surface area contributed by atoms with Crippen molar-refractivity contribution < 1.29 is 9.50 Å². The quantitative estimate of drug-likeness (QED) is 0.794. The lowest BCUT2D eigenvalue weighted by molar-refractivity contribution is 0.270. The molecular weight excluding hydrogens is 255 g/mol. The number of aliphatic hydroxyl groups is 1. The maximum atomic E-state index is 13.2. The molecular formula is C16H25FN2O. The van der Waals surface area contributed by atoms with Crippen molar-refractivity contribution in [3.05, 3.63) is 53.9 Å². The Morgan fingerprint density at radius 2 is 2.10 bits per heavy atom. The molecule has 1 rings (SSSR count). The van der Waals surface area contributed by atoms with Crippen LogP contribution in [-0.4, -0.2) is 14.7 Å². The summed E-state index contributed by atoms with van der Waals surface area (Å²) >= 11 is 0. The molecule has 0 spiro atoms. The van der Waals surface area contributed by atoms with Crippen molar-refractivity contribution in [3.8, 4) is 0 Å². The van der Waals surface area contributed by atoms with Crippen LogP contribution in [0.15, 0.2) is 48.2 Å². The van der Waals surface area contributed by atoms with E-state index in [4.69, 9.17) is 5.11 Å². The van der Waals surface area contributed by atoms with Crippen LogP contribution in [0.4, 0.5) is 4.39 Å². The monoisotopic (exact) mass is 280 g/mol. The second-order valence-corrected chi connectivity index (χ2v) is 3.88. The standard InChI is InChI=1S/C14H19FN2O.C2H6/c1-3-5-12(8-13(15)4-2)6-7-17-11-16-9-14(17)10-18;1-2/h3-5,8-9,11,18H,6-7,10H2,1-2H3;1-2H3/b5-3-,12-8+,13-4+;. The number of allylic oxidation sites excluding steroid dienone is 6. The Morgan fingerprint density at radius 1 is 1.40 bits per heavy atom. The number of aryl methyl sites for hydroxylation is 1. The first kappa shape index (κ1) is 18.3. The highest BCUT2D eigenvalue weighted by Crippen LogP contribution is 2.12. The summed E-state index contributed by atoms with van der Waals surface area (Å²) in [7, 11) is 0. The number of hydrogen-bond acceptors (Lipinski definition) is 2. The third-order valence-electron chi connectivity index (χ3n) is 2.58. The third kappa shape index (κ3) is 6.48. The predicted octanol–water partition coefficient (Wildman–Crippen LogP) is 4.17. The molecule has 112 valence electrons. The molecule has 1 aromatic rings. The van der Waals surface area contributed by atoms with E-state index in [-0.39, 0.29) is 12.4 Å². The van der Waals surface area contributed by atoms with Crippen molar-refractivity contribution in [3.63, 3.8) is 0 Å². The van der Waals surface area contributed by atoms with Crippen LogP contribution in [0.3, 0.4) is 0 Å². The topological polar surface area (TPSA) is 38.0 Å². The molecule has 20 heavy (non-hydrogen) atoms. The van der Waals surface area contributed by atoms with Gasteiger partial charge in [0.05, 0.1) is 24.8 Å². The average molecular weight is 280 g/mol. The van der Waals surface area contributed by atoms with Crippen molar-refractivity contribution in [2.75, 3.05) is 0 Å². The van der Waals surface area contributed by atoms with Crippen molar-refractivity contribution >= 4 is 0 Å². The molecule has 0 aliphatic heterocycles. The van der Waals surface area contributed by atoms with Gasteiger partial charge in [0, 0.05) is 6.54 Å². The van der Waals surface area contributed by atoms with Gasteiger partial charge in [-0.3, -0.25) is 0 Å². The maximum absolute atomic E-state index is 13.2. The van der Waals surface area contributed by atoms with Gasteiger partial charge < -0.3 is 9.67 Å². The van der Waals surface area contributed by atoms with E-state index in [0.717, 1.165) is 11.3 Å². The Labute approximate surface area is 121 Å². The summed E-state index contributed by atoms with van der Waals surface area (Å²) in [6.07, 6.45) is 10.7. The van der Waals surface area contributed by atoms with Crippen LogP contribution in [0.25, 0.3) is 0 Å². The molecule has 0 aliphatic carbocycles. The Balaban J connectivity index is 0.00000172. The lowest BCUT2D eigenvalue weighted by Gasteiger charge is -2.07. The second kappa shape index (κ2) is 11.2. The molecule has 1 aromatic heterocycles. The van der Waals surface area contributed by atoms with Crippen molar-refractivity contribution in [1.29, 1.82) is 0 Å². The van der Waals surface area contributed by atoms with Crippen LogP contribution in [0.2, 0.25) is 0 Å². The maximum Gasteiger partial charge on any atom is 0.119 e. The molecule has 1 N–H and O–H groups in total. The summed E-state index contributed by atoms with van der Waals surface area (Å²) in [5, 5.41) is 9.10. The molecule has 0 fully saturated rings. The van der Waals surface area contributed by atoms with E-state index in [2.05, 4.69) is 4.98 Å². The van der Waals surface area contributed by atoms with Gasteiger partial charge in [-0.1, -0.05) is 32.1 Å². The Kier molecular flexibility index (Phi) is 10.2. The molecule has 0 amide bonds. The number of rotatable bonds is 6. The van der Waals surface area contributed by atoms with Crippen LogP contribution >= 0.6 is 0 Å². The first-order chi connectivity index (χ1) is 9.71. The molecule has 0 aliphatic rings. The van der Waals surface area contributed by atoms with Crippen LogP contribution in [0, 0.1) is 0 Å². The zero-order chi connectivity index (χ0) is 15.4. The molecule has 1 heterocycles. The summed E-state index contributed by atoms with van der Waals surface area (Å²) < 4.78 is 15.1. The fourth-order valence-electron chi connectivity index (χ4n) is 1.61. The van der Waals surface area contributed by atoms with Gasteiger partial charge in [-0.25, -0.2) is 9.37 Å². The fourth-order valence-corrected chi connectivity index (χ4v) is 1.61. The number of aliphatic hydroxyl groups excluding tert-OH is 1. The van der Waals surface area contributed by atoms with E-state index in [1.165, 1.54) is 12.2 Å². The van der Waals surface area contributed by atoms with Gasteiger partial charge in [-0.15, -0.1) is 0 Å². The van der Waals surface area contributed by atoms with E-state index in [9.17, 15) is 4.39 Å². The minimum atomic E-state index is -0.240. The zero-order valence-electron chi connectivity index (χ0n) is 12.8. The summed E-state index contributed by atoms with van der Waals surface area (Å²) in [5.74, 6) is -0.240. The van der Waals surface area contributed by atoms with Gasteiger partial charge in [-0.05, 0) is 31.9 Å². The van der Waals surface area contributed by atoms with Crippen LogP contribution in [-0.2, 0) is 13.2 Å². The first-order valence-corrected chi connectivity index (χ1v) is 6.96. The molecule has 0 aromatic carbocycles. The first-order valence-electron chi connectivity index (χ1n) is 6.96. The van der Waals surface area contributed by atoms with Crippen LogP contribution in [0.1, 0.15) is 39.8 Å². The molecule has 3 nitrogen and oxygen atoms in total. The highest BCUT2D eigenvalue weighted by Gasteiger charge is 2.01. The summed E-state index contributed by atoms with van der Waals surface area (Å²) in [4.78, 5) is 3.97. The summed E-state index contributed by atoms with van der Waals surface area (Å²) in [5.41, 5.74) is 1.67. The molecule has 0 bridgehead atoms. The highest BCUT2D eigenvalue weighted by molar-refractivity contribution is 5.26. The molecule has 0 radical (unpaired) electrons. The number of aromatic nitrogens is 2. The SMILES string of the molecule is CC.C\C=C/C(=C\C(F)=C/C)CCn1cncc1CO. The van der Waals surface area contributed by atoms with E-state index in [1.54, 1.807) is 19.4 Å². The fraction of sp³-hybridized carbons (Fsp3) is 0.438. The lowest BCUT2D eigenvalue weighted by atomic mass is 10.1. The molecule has 0 saturated carbocycles. The van der Waals surface area contributed by atoms with E-state index in [0.29, 0.717) is 13.0 Å². The molecule has 4 heteroatoms. The summed E-state index contributed by atoms with van der Waals surface area (Å²) in [6.45, 7) is 8.20. The number of hydrogen-bond donors (Lipinski definition) is 1. The Morgan fingerprint density at radius 3 is 2.65 bits per heavy atom. The van der Waals surface area contributed by atoms with E-state index >= 15 is 0 Å². The number of imidazole rings is 1. The van der Waals surface area contributed by atoms with Crippen molar-refractivity contribution in [1.82, 2.24) is 9.55 Å². The smallest absolute Gasteiger partial charge is 0.119 e. The van der Waals surface area contributed by atoms with Gasteiger partial charge in [0.1, 0.15) is 5.83 Å².